The molecule has 0 unspecified atom stereocenters. The minimum atomic E-state index is 0.813. The van der Waals surface area contributed by atoms with Crippen molar-refractivity contribution in [2.24, 2.45) is 11.8 Å². The number of benzene rings is 1. The van der Waals surface area contributed by atoms with Crippen LogP contribution in [0.4, 0.5) is 0 Å². The smallest absolute Gasteiger partial charge is 0.0127 e. The van der Waals surface area contributed by atoms with Crippen LogP contribution >= 0.6 is 0 Å². The Kier molecular flexibility index (Phi) is 4.60. The molecule has 0 radical (unpaired) electrons. The summed E-state index contributed by atoms with van der Waals surface area (Å²) in [6.07, 6.45) is 11.7. The van der Waals surface area contributed by atoms with Gasteiger partial charge in [-0.25, -0.2) is 0 Å². The second-order valence-corrected chi connectivity index (χ2v) is 9.23. The summed E-state index contributed by atoms with van der Waals surface area (Å²) in [5.41, 5.74) is 1.57. The van der Waals surface area contributed by atoms with Crippen molar-refractivity contribution in [3.8, 4) is 0 Å². The lowest BCUT2D eigenvalue weighted by Gasteiger charge is -2.45. The second-order valence-electron chi connectivity index (χ2n) is 9.23. The first-order valence-corrected chi connectivity index (χ1v) is 10.9. The molecule has 0 aromatic heterocycles. The molecule has 0 spiro atoms. The molecule has 4 fully saturated rings. The van der Waals surface area contributed by atoms with E-state index in [4.69, 9.17) is 0 Å². The van der Waals surface area contributed by atoms with Crippen LogP contribution in [0, 0.1) is 11.8 Å². The van der Waals surface area contributed by atoms with Gasteiger partial charge in [-0.15, -0.1) is 0 Å². The van der Waals surface area contributed by atoms with E-state index >= 15 is 0 Å². The molecule has 2 bridgehead atoms. The number of hydrogen-bond acceptors (Lipinski definition) is 2. The molecule has 25 heavy (non-hydrogen) atoms. The van der Waals surface area contributed by atoms with Gasteiger partial charge in [0.2, 0.25) is 0 Å². The van der Waals surface area contributed by atoms with Crippen molar-refractivity contribution in [2.45, 2.75) is 69.4 Å². The van der Waals surface area contributed by atoms with E-state index in [-0.39, 0.29) is 0 Å². The summed E-state index contributed by atoms with van der Waals surface area (Å²) in [7, 11) is 0. The van der Waals surface area contributed by atoms with Gasteiger partial charge in [0, 0.05) is 38.3 Å². The van der Waals surface area contributed by atoms with Crippen molar-refractivity contribution < 1.29 is 0 Å². The second kappa shape index (κ2) is 7.04. The van der Waals surface area contributed by atoms with E-state index < -0.39 is 0 Å². The first-order valence-electron chi connectivity index (χ1n) is 10.9. The fourth-order valence-corrected chi connectivity index (χ4v) is 6.59. The van der Waals surface area contributed by atoms with Gasteiger partial charge in [-0.05, 0) is 68.3 Å². The molecule has 2 heteroatoms. The van der Waals surface area contributed by atoms with Crippen LogP contribution in [0.5, 0.6) is 0 Å². The molecule has 1 aliphatic heterocycles. The van der Waals surface area contributed by atoms with Crippen molar-refractivity contribution in [3.63, 3.8) is 0 Å². The Bertz CT molecular complexity index is 555. The van der Waals surface area contributed by atoms with E-state index in [2.05, 4.69) is 40.1 Å². The summed E-state index contributed by atoms with van der Waals surface area (Å²) >= 11 is 0. The lowest BCUT2D eigenvalue weighted by molar-refractivity contribution is 0.0394. The molecule has 3 atom stereocenters. The normalized spacial score (nSPS) is 39.8. The van der Waals surface area contributed by atoms with E-state index in [0.29, 0.717) is 0 Å². The van der Waals surface area contributed by atoms with Crippen LogP contribution in [0.3, 0.4) is 0 Å². The molecule has 136 valence electrons. The largest absolute Gasteiger partial charge is 0.298 e. The molecule has 0 amide bonds. The zero-order valence-corrected chi connectivity index (χ0v) is 15.7. The molecule has 1 saturated heterocycles. The third-order valence-corrected chi connectivity index (χ3v) is 8.00. The average molecular weight is 339 g/mol. The lowest BCUT2D eigenvalue weighted by atomic mass is 9.81. The molecule has 1 heterocycles. The fourth-order valence-electron chi connectivity index (χ4n) is 6.59. The van der Waals surface area contributed by atoms with Crippen molar-refractivity contribution in [1.29, 1.82) is 0 Å². The summed E-state index contributed by atoms with van der Waals surface area (Å²) in [6, 6.07) is 13.0. The van der Waals surface area contributed by atoms with Gasteiger partial charge in [0.05, 0.1) is 0 Å². The van der Waals surface area contributed by atoms with Gasteiger partial charge in [-0.3, -0.25) is 9.80 Å². The summed E-state index contributed by atoms with van der Waals surface area (Å²) in [6.45, 7) is 5.34. The predicted octanol–water partition coefficient (Wildman–Crippen LogP) is 4.52. The van der Waals surface area contributed by atoms with Crippen LogP contribution in [-0.2, 0) is 0 Å². The van der Waals surface area contributed by atoms with E-state index in [1.54, 1.807) is 12.0 Å². The number of nitrogens with zero attached hydrogens (tertiary/aromatic N) is 2. The Morgan fingerprint density at radius 1 is 0.680 bits per heavy atom. The van der Waals surface area contributed by atoms with Crippen molar-refractivity contribution in [2.75, 3.05) is 26.2 Å². The molecule has 0 N–H and O–H groups in total. The van der Waals surface area contributed by atoms with Gasteiger partial charge in [-0.1, -0.05) is 36.8 Å². The van der Waals surface area contributed by atoms with Crippen LogP contribution in [0.1, 0.15) is 62.8 Å². The molecular weight excluding hydrogens is 304 g/mol. The van der Waals surface area contributed by atoms with Crippen molar-refractivity contribution >= 4 is 0 Å². The van der Waals surface area contributed by atoms with Crippen LogP contribution < -0.4 is 0 Å². The Labute approximate surface area is 153 Å². The highest BCUT2D eigenvalue weighted by Gasteiger charge is 2.43. The van der Waals surface area contributed by atoms with Crippen LogP contribution in [0.2, 0.25) is 0 Å². The Hall–Kier alpha value is -0.860. The van der Waals surface area contributed by atoms with E-state index in [9.17, 15) is 0 Å². The number of fused-ring (bicyclic) bond motifs is 2. The molecule has 1 aromatic carbocycles. The van der Waals surface area contributed by atoms with Crippen LogP contribution in [0.15, 0.2) is 30.3 Å². The first kappa shape index (κ1) is 16.3. The zero-order chi connectivity index (χ0) is 16.6. The Balaban J connectivity index is 1.11. The predicted molar refractivity (Wildman–Crippen MR) is 104 cm³/mol. The maximum absolute atomic E-state index is 2.87. The van der Waals surface area contributed by atoms with E-state index in [0.717, 1.165) is 29.8 Å². The van der Waals surface area contributed by atoms with Gasteiger partial charge in [0.1, 0.15) is 0 Å². The third kappa shape index (κ3) is 3.28. The fraction of sp³-hybridized carbons (Fsp3) is 0.739. The molecule has 4 aliphatic rings. The maximum atomic E-state index is 2.87. The van der Waals surface area contributed by atoms with Gasteiger partial charge >= 0.3 is 0 Å². The summed E-state index contributed by atoms with van der Waals surface area (Å²) in [5, 5.41) is 0. The summed E-state index contributed by atoms with van der Waals surface area (Å²) in [5.74, 6) is 2.95. The molecule has 3 aliphatic carbocycles. The quantitative estimate of drug-likeness (QED) is 0.799. The highest BCUT2D eigenvalue weighted by atomic mass is 15.3. The van der Waals surface area contributed by atoms with Crippen molar-refractivity contribution in [1.82, 2.24) is 9.80 Å². The monoisotopic (exact) mass is 338 g/mol. The SMILES string of the molecule is c1ccc(C2CCC(N3CCN([C@@H]4C[C@@H]5CC[C@@H]4C5)CC3)CC2)cc1. The molecule has 1 aromatic rings. The number of piperazine rings is 1. The molecular formula is C23H34N2. The molecule has 5 rings (SSSR count). The standard InChI is InChI=1S/C23H34N2/c1-2-4-19(5-3-1)20-8-10-22(11-9-20)24-12-14-25(15-13-24)23-17-18-6-7-21(23)16-18/h1-5,18,20-23H,6-17H2/t18-,20?,21-,22?,23-/m1/s1. The minimum absolute atomic E-state index is 0.813. The topological polar surface area (TPSA) is 6.48 Å². The minimum Gasteiger partial charge on any atom is -0.298 e. The third-order valence-electron chi connectivity index (χ3n) is 8.00. The summed E-state index contributed by atoms with van der Waals surface area (Å²) < 4.78 is 0. The zero-order valence-electron chi connectivity index (χ0n) is 15.7. The average Bonchev–Trinajstić information content (AvgIpc) is 3.33. The van der Waals surface area contributed by atoms with Gasteiger partial charge in [-0.2, -0.15) is 0 Å². The van der Waals surface area contributed by atoms with Gasteiger partial charge < -0.3 is 0 Å². The number of rotatable bonds is 3. The van der Waals surface area contributed by atoms with Crippen LogP contribution in [-0.4, -0.2) is 48.1 Å². The van der Waals surface area contributed by atoms with Gasteiger partial charge in [0.25, 0.3) is 0 Å². The summed E-state index contributed by atoms with van der Waals surface area (Å²) in [4.78, 5) is 5.71. The lowest BCUT2D eigenvalue weighted by Crippen LogP contribution is -2.54. The van der Waals surface area contributed by atoms with E-state index in [1.165, 1.54) is 71.1 Å². The highest BCUT2D eigenvalue weighted by Crippen LogP contribution is 2.47. The van der Waals surface area contributed by atoms with E-state index in [1.807, 2.05) is 0 Å². The number of hydrogen-bond donors (Lipinski definition) is 0. The van der Waals surface area contributed by atoms with Crippen LogP contribution in [0.25, 0.3) is 0 Å². The first-order chi connectivity index (χ1) is 12.4. The van der Waals surface area contributed by atoms with Gasteiger partial charge in [0.15, 0.2) is 0 Å². The Morgan fingerprint density at radius 2 is 1.40 bits per heavy atom. The highest BCUT2D eigenvalue weighted by molar-refractivity contribution is 5.20. The molecule has 3 saturated carbocycles. The Morgan fingerprint density at radius 3 is 2.04 bits per heavy atom. The van der Waals surface area contributed by atoms with Crippen molar-refractivity contribution in [3.05, 3.63) is 35.9 Å². The molecule has 2 nitrogen and oxygen atoms in total. The maximum Gasteiger partial charge on any atom is 0.0127 e.